The Labute approximate surface area is 134 Å². The quantitative estimate of drug-likeness (QED) is 0.779. The molecular weight excluding hydrogens is 305 g/mol. The second-order valence-electron chi connectivity index (χ2n) is 5.48. The summed E-state index contributed by atoms with van der Waals surface area (Å²) in [7, 11) is 1.24. The third-order valence-electron chi connectivity index (χ3n) is 3.06. The Morgan fingerprint density at radius 2 is 1.87 bits per heavy atom. The number of hydrogen-bond acceptors (Lipinski definition) is 5. The maximum absolute atomic E-state index is 12.1. The number of alkyl halides is 1. The molecule has 0 aliphatic carbocycles. The van der Waals surface area contributed by atoms with E-state index < -0.39 is 24.5 Å². The van der Waals surface area contributed by atoms with Crippen molar-refractivity contribution >= 4 is 12.1 Å². The summed E-state index contributed by atoms with van der Waals surface area (Å²) in [4.78, 5) is 23.9. The summed E-state index contributed by atoms with van der Waals surface area (Å²) in [5.74, 6) is -0.217. The van der Waals surface area contributed by atoms with Crippen LogP contribution in [-0.2, 0) is 20.7 Å². The number of hydrogen-bond donors (Lipinski definition) is 1. The van der Waals surface area contributed by atoms with E-state index in [0.29, 0.717) is 5.75 Å². The molecule has 1 rings (SSSR count). The van der Waals surface area contributed by atoms with Gasteiger partial charge in [0.2, 0.25) is 6.86 Å². The number of esters is 1. The van der Waals surface area contributed by atoms with Crippen LogP contribution in [0, 0.1) is 0 Å². The fourth-order valence-electron chi connectivity index (χ4n) is 2.04. The monoisotopic (exact) mass is 327 g/mol. The Morgan fingerprint density at radius 3 is 2.35 bits per heavy atom. The van der Waals surface area contributed by atoms with Crippen molar-refractivity contribution in [2.45, 2.75) is 38.8 Å². The number of ether oxygens (including phenoxy) is 3. The maximum atomic E-state index is 12.1. The minimum atomic E-state index is -1.29. The SMILES string of the molecule is COC(=O)[C@@](C)(Cc1ccc(OCF)cc1)NC(=O)OC(C)C. The molecule has 128 valence electrons. The van der Waals surface area contributed by atoms with Gasteiger partial charge in [-0.3, -0.25) is 0 Å². The smallest absolute Gasteiger partial charge is 0.408 e. The van der Waals surface area contributed by atoms with Gasteiger partial charge in [-0.15, -0.1) is 0 Å². The van der Waals surface area contributed by atoms with E-state index in [1.807, 2.05) is 0 Å². The van der Waals surface area contributed by atoms with Crippen molar-refractivity contribution in [3.05, 3.63) is 29.8 Å². The van der Waals surface area contributed by atoms with E-state index in [1.165, 1.54) is 7.11 Å². The fourth-order valence-corrected chi connectivity index (χ4v) is 2.04. The predicted octanol–water partition coefficient (Wildman–Crippen LogP) is 2.60. The highest BCUT2D eigenvalue weighted by atomic mass is 19.1. The van der Waals surface area contributed by atoms with Crippen LogP contribution in [0.4, 0.5) is 9.18 Å². The number of halogens is 1. The maximum Gasteiger partial charge on any atom is 0.408 e. The molecule has 0 bridgehead atoms. The van der Waals surface area contributed by atoms with Gasteiger partial charge < -0.3 is 19.5 Å². The van der Waals surface area contributed by atoms with Gasteiger partial charge in [-0.25, -0.2) is 14.0 Å². The Hall–Kier alpha value is -2.31. The summed E-state index contributed by atoms with van der Waals surface area (Å²) in [6, 6.07) is 6.53. The molecule has 0 fully saturated rings. The zero-order valence-corrected chi connectivity index (χ0v) is 13.7. The van der Waals surface area contributed by atoms with Crippen molar-refractivity contribution in [2.75, 3.05) is 14.0 Å². The van der Waals surface area contributed by atoms with E-state index in [-0.39, 0.29) is 12.5 Å². The van der Waals surface area contributed by atoms with Crippen LogP contribution in [0.25, 0.3) is 0 Å². The molecule has 23 heavy (non-hydrogen) atoms. The molecule has 0 aliphatic rings. The van der Waals surface area contributed by atoms with Crippen LogP contribution in [-0.4, -0.2) is 37.7 Å². The molecule has 0 spiro atoms. The highest BCUT2D eigenvalue weighted by Crippen LogP contribution is 2.19. The molecule has 7 heteroatoms. The normalized spacial score (nSPS) is 13.1. The summed E-state index contributed by atoms with van der Waals surface area (Å²) in [6.45, 7) is 4.05. The molecule has 0 saturated carbocycles. The van der Waals surface area contributed by atoms with Gasteiger partial charge in [0, 0.05) is 6.42 Å². The summed E-state index contributed by atoms with van der Waals surface area (Å²) < 4.78 is 26.6. The minimum Gasteiger partial charge on any atom is -0.467 e. The van der Waals surface area contributed by atoms with Crippen LogP contribution >= 0.6 is 0 Å². The van der Waals surface area contributed by atoms with Crippen LogP contribution < -0.4 is 10.1 Å². The largest absolute Gasteiger partial charge is 0.467 e. The molecule has 1 amide bonds. The summed E-state index contributed by atoms with van der Waals surface area (Å²) in [6.07, 6.45) is -0.831. The molecule has 1 N–H and O–H groups in total. The fraction of sp³-hybridized carbons (Fsp3) is 0.500. The van der Waals surface area contributed by atoms with Crippen molar-refractivity contribution in [1.82, 2.24) is 5.32 Å². The third kappa shape index (κ3) is 5.77. The molecular formula is C16H22FNO5. The lowest BCUT2D eigenvalue weighted by Gasteiger charge is -2.28. The second-order valence-corrected chi connectivity index (χ2v) is 5.48. The third-order valence-corrected chi connectivity index (χ3v) is 3.06. The van der Waals surface area contributed by atoms with E-state index in [4.69, 9.17) is 14.2 Å². The standard InChI is InChI=1S/C16H22FNO5/c1-11(2)23-15(20)18-16(3,14(19)21-4)9-12-5-7-13(8-6-12)22-10-17/h5-8,11H,9-10H2,1-4H3,(H,18,20)/t16-/m1/s1. The summed E-state index contributed by atoms with van der Waals surface area (Å²) in [5, 5.41) is 2.54. The first kappa shape index (κ1) is 18.7. The molecule has 0 aliphatic heterocycles. The lowest BCUT2D eigenvalue weighted by atomic mass is 9.93. The van der Waals surface area contributed by atoms with Crippen LogP contribution in [0.5, 0.6) is 5.75 Å². The van der Waals surface area contributed by atoms with Gasteiger partial charge in [0.25, 0.3) is 0 Å². The lowest BCUT2D eigenvalue weighted by Crippen LogP contribution is -2.54. The molecule has 1 aromatic carbocycles. The van der Waals surface area contributed by atoms with Gasteiger partial charge in [0.15, 0.2) is 0 Å². The molecule has 1 atom stereocenters. The highest BCUT2D eigenvalue weighted by Gasteiger charge is 2.37. The van der Waals surface area contributed by atoms with Crippen LogP contribution in [0.1, 0.15) is 26.3 Å². The number of carbonyl (C=O) groups excluding carboxylic acids is 2. The van der Waals surface area contributed by atoms with Gasteiger partial charge in [0.05, 0.1) is 13.2 Å². The molecule has 0 saturated heterocycles. The van der Waals surface area contributed by atoms with E-state index in [0.717, 1.165) is 5.56 Å². The second kappa shape index (κ2) is 8.36. The van der Waals surface area contributed by atoms with Crippen molar-refractivity contribution in [1.29, 1.82) is 0 Å². The number of nitrogens with one attached hydrogen (secondary N) is 1. The van der Waals surface area contributed by atoms with Crippen LogP contribution in [0.15, 0.2) is 24.3 Å². The number of amides is 1. The van der Waals surface area contributed by atoms with Gasteiger partial charge in [-0.1, -0.05) is 12.1 Å². The Bertz CT molecular complexity index is 532. The zero-order valence-electron chi connectivity index (χ0n) is 13.7. The summed E-state index contributed by atoms with van der Waals surface area (Å²) >= 11 is 0. The van der Waals surface area contributed by atoms with Gasteiger partial charge in [0.1, 0.15) is 11.3 Å². The number of rotatable bonds is 7. The van der Waals surface area contributed by atoms with Crippen molar-refractivity contribution in [2.24, 2.45) is 0 Å². The minimum absolute atomic E-state index is 0.183. The number of carbonyl (C=O) groups is 2. The molecule has 0 aromatic heterocycles. The first-order valence-corrected chi connectivity index (χ1v) is 7.15. The van der Waals surface area contributed by atoms with E-state index >= 15 is 0 Å². The summed E-state index contributed by atoms with van der Waals surface area (Å²) in [5.41, 5.74) is -0.544. The lowest BCUT2D eigenvalue weighted by molar-refractivity contribution is -0.147. The number of methoxy groups -OCH3 is 1. The average Bonchev–Trinajstić information content (AvgIpc) is 2.47. The molecule has 0 heterocycles. The van der Waals surface area contributed by atoms with E-state index in [2.05, 4.69) is 5.32 Å². The molecule has 0 unspecified atom stereocenters. The van der Waals surface area contributed by atoms with Crippen molar-refractivity contribution < 1.29 is 28.2 Å². The predicted molar refractivity (Wildman–Crippen MR) is 81.9 cm³/mol. The Balaban J connectivity index is 2.88. The van der Waals surface area contributed by atoms with Crippen LogP contribution in [0.2, 0.25) is 0 Å². The van der Waals surface area contributed by atoms with Crippen molar-refractivity contribution in [3.63, 3.8) is 0 Å². The van der Waals surface area contributed by atoms with Crippen molar-refractivity contribution in [3.8, 4) is 5.75 Å². The van der Waals surface area contributed by atoms with E-state index in [1.54, 1.807) is 45.0 Å². The highest BCUT2D eigenvalue weighted by molar-refractivity contribution is 5.85. The zero-order chi connectivity index (χ0) is 17.5. The van der Waals surface area contributed by atoms with Gasteiger partial charge >= 0.3 is 12.1 Å². The van der Waals surface area contributed by atoms with E-state index in [9.17, 15) is 14.0 Å². The van der Waals surface area contributed by atoms with Gasteiger partial charge in [-0.2, -0.15) is 0 Å². The van der Waals surface area contributed by atoms with Gasteiger partial charge in [-0.05, 0) is 38.5 Å². The average molecular weight is 327 g/mol. The first-order valence-electron chi connectivity index (χ1n) is 7.15. The van der Waals surface area contributed by atoms with Crippen LogP contribution in [0.3, 0.4) is 0 Å². The number of alkyl carbamates (subject to hydrolysis) is 1. The molecule has 1 aromatic rings. The molecule has 0 radical (unpaired) electrons. The Kier molecular flexibility index (Phi) is 6.81. The Morgan fingerprint density at radius 1 is 1.26 bits per heavy atom. The number of benzene rings is 1. The first-order chi connectivity index (χ1) is 10.8. The topological polar surface area (TPSA) is 73.9 Å². The molecule has 6 nitrogen and oxygen atoms in total.